The van der Waals surface area contributed by atoms with Crippen LogP contribution in [0.4, 0.5) is 5.69 Å². The normalized spacial score (nSPS) is 14.8. The number of hydrogen-bond donors (Lipinski definition) is 0. The van der Waals surface area contributed by atoms with Gasteiger partial charge in [0.1, 0.15) is 0 Å². The van der Waals surface area contributed by atoms with Crippen molar-refractivity contribution in [3.8, 4) is 6.07 Å². The van der Waals surface area contributed by atoms with E-state index < -0.39 is 0 Å². The fraction of sp³-hybridized carbons (Fsp3) is 0.360. The summed E-state index contributed by atoms with van der Waals surface area (Å²) in [7, 11) is 0. The lowest BCUT2D eigenvalue weighted by molar-refractivity contribution is 0.0928. The number of fused-ring (bicyclic) bond motifs is 1. The second-order valence-corrected chi connectivity index (χ2v) is 8.07. The van der Waals surface area contributed by atoms with Crippen LogP contribution in [0, 0.1) is 25.2 Å². The third-order valence-corrected chi connectivity index (χ3v) is 6.21. The Morgan fingerprint density at radius 1 is 1.03 bits per heavy atom. The first-order valence-electron chi connectivity index (χ1n) is 10.6. The van der Waals surface area contributed by atoms with Gasteiger partial charge < -0.3 is 9.47 Å². The van der Waals surface area contributed by atoms with Gasteiger partial charge in [0, 0.05) is 61.1 Å². The molecule has 1 aromatic heterocycles. The Hall–Kier alpha value is -3.10. The molecule has 154 valence electrons. The molecule has 30 heavy (non-hydrogen) atoms. The predicted molar refractivity (Wildman–Crippen MR) is 121 cm³/mol. The Morgan fingerprint density at radius 3 is 2.57 bits per heavy atom. The molecule has 0 N–H and O–H groups in total. The van der Waals surface area contributed by atoms with E-state index in [4.69, 9.17) is 5.26 Å². The maximum absolute atomic E-state index is 13.1. The number of carbonyl (C=O) groups is 1. The van der Waals surface area contributed by atoms with Gasteiger partial charge in [-0.05, 0) is 37.1 Å². The molecule has 1 aliphatic heterocycles. The zero-order chi connectivity index (χ0) is 21.1. The Labute approximate surface area is 178 Å². The van der Waals surface area contributed by atoms with Crippen LogP contribution >= 0.6 is 0 Å². The standard InChI is InChI=1S/C25H28N4O/c1-19-7-5-10-23(20(19)2)28-15-13-27(14-16-28)18-25(30)22-17-29(12-6-11-26)24-9-4-3-8-21(22)24/h3-5,7-10,17H,6,12-16,18H2,1-2H3. The van der Waals surface area contributed by atoms with Crippen molar-refractivity contribution in [1.82, 2.24) is 9.47 Å². The first kappa shape index (κ1) is 20.2. The number of benzene rings is 2. The molecule has 1 saturated heterocycles. The molecule has 0 atom stereocenters. The van der Waals surface area contributed by atoms with Gasteiger partial charge in [-0.15, -0.1) is 0 Å². The summed E-state index contributed by atoms with van der Waals surface area (Å²) in [6.45, 7) is 9.01. The number of rotatable bonds is 6. The topological polar surface area (TPSA) is 52.3 Å². The summed E-state index contributed by atoms with van der Waals surface area (Å²) in [6, 6.07) is 16.6. The van der Waals surface area contributed by atoms with E-state index in [0.717, 1.165) is 42.6 Å². The number of para-hydroxylation sites is 1. The minimum absolute atomic E-state index is 0.155. The second-order valence-electron chi connectivity index (χ2n) is 8.07. The highest BCUT2D eigenvalue weighted by atomic mass is 16.1. The predicted octanol–water partition coefficient (Wildman–Crippen LogP) is 4.18. The van der Waals surface area contributed by atoms with Gasteiger partial charge in [0.25, 0.3) is 0 Å². The summed E-state index contributed by atoms with van der Waals surface area (Å²) in [5.41, 5.74) is 5.75. The minimum atomic E-state index is 0.155. The largest absolute Gasteiger partial charge is 0.369 e. The van der Waals surface area contributed by atoms with Crippen molar-refractivity contribution in [3.63, 3.8) is 0 Å². The Kier molecular flexibility index (Phi) is 5.87. The van der Waals surface area contributed by atoms with Crippen molar-refractivity contribution in [2.45, 2.75) is 26.8 Å². The number of nitrogens with zero attached hydrogens (tertiary/aromatic N) is 4. The van der Waals surface area contributed by atoms with Crippen molar-refractivity contribution in [3.05, 3.63) is 65.4 Å². The van der Waals surface area contributed by atoms with Crippen LogP contribution in [0.5, 0.6) is 0 Å². The van der Waals surface area contributed by atoms with E-state index in [1.54, 1.807) is 0 Å². The quantitative estimate of drug-likeness (QED) is 0.583. The van der Waals surface area contributed by atoms with E-state index >= 15 is 0 Å². The van der Waals surface area contributed by atoms with E-state index in [1.165, 1.54) is 16.8 Å². The van der Waals surface area contributed by atoms with E-state index in [0.29, 0.717) is 19.5 Å². The molecule has 2 heterocycles. The number of piperazine rings is 1. The third-order valence-electron chi connectivity index (χ3n) is 6.21. The van der Waals surface area contributed by atoms with Gasteiger partial charge in [-0.2, -0.15) is 5.26 Å². The number of ketones is 1. The average Bonchev–Trinajstić information content (AvgIpc) is 3.14. The highest BCUT2D eigenvalue weighted by molar-refractivity contribution is 6.09. The number of Topliss-reactive ketones (excluding diaryl/α,β-unsaturated/α-hetero) is 1. The Bertz CT molecular complexity index is 1100. The Balaban J connectivity index is 1.44. The summed E-state index contributed by atoms with van der Waals surface area (Å²) in [6.07, 6.45) is 2.36. The van der Waals surface area contributed by atoms with E-state index in [2.05, 4.69) is 47.9 Å². The molecule has 4 rings (SSSR count). The number of nitriles is 1. The molecule has 0 amide bonds. The highest BCUT2D eigenvalue weighted by Gasteiger charge is 2.22. The van der Waals surface area contributed by atoms with E-state index in [9.17, 15) is 4.79 Å². The van der Waals surface area contributed by atoms with Gasteiger partial charge in [0.05, 0.1) is 19.0 Å². The molecular formula is C25H28N4O. The van der Waals surface area contributed by atoms with E-state index in [-0.39, 0.29) is 5.78 Å². The SMILES string of the molecule is Cc1cccc(N2CCN(CC(=O)c3cn(CCC#N)c4ccccc34)CC2)c1C. The van der Waals surface area contributed by atoms with Crippen LogP contribution in [-0.2, 0) is 6.54 Å². The first-order chi connectivity index (χ1) is 14.6. The van der Waals surface area contributed by atoms with Crippen LogP contribution in [0.3, 0.4) is 0 Å². The molecule has 2 aromatic carbocycles. The van der Waals surface area contributed by atoms with Crippen LogP contribution in [-0.4, -0.2) is 48.0 Å². The fourth-order valence-corrected chi connectivity index (χ4v) is 4.34. The molecule has 0 aliphatic carbocycles. The van der Waals surface area contributed by atoms with Gasteiger partial charge in [-0.25, -0.2) is 0 Å². The summed E-state index contributed by atoms with van der Waals surface area (Å²) in [5, 5.41) is 9.91. The molecule has 1 aliphatic rings. The molecule has 1 fully saturated rings. The smallest absolute Gasteiger partial charge is 0.178 e. The molecular weight excluding hydrogens is 372 g/mol. The number of hydrogen-bond acceptors (Lipinski definition) is 4. The van der Waals surface area contributed by atoms with Crippen LogP contribution in [0.15, 0.2) is 48.7 Å². The lowest BCUT2D eigenvalue weighted by Crippen LogP contribution is -2.48. The van der Waals surface area contributed by atoms with Crippen molar-refractivity contribution in [2.24, 2.45) is 0 Å². The lowest BCUT2D eigenvalue weighted by Gasteiger charge is -2.36. The summed E-state index contributed by atoms with van der Waals surface area (Å²) < 4.78 is 2.03. The number of anilines is 1. The van der Waals surface area contributed by atoms with Crippen molar-refractivity contribution < 1.29 is 4.79 Å². The maximum Gasteiger partial charge on any atom is 0.178 e. The molecule has 5 heteroatoms. The van der Waals surface area contributed by atoms with E-state index in [1.807, 2.05) is 35.0 Å². The van der Waals surface area contributed by atoms with Gasteiger partial charge in [-0.1, -0.05) is 30.3 Å². The average molecular weight is 401 g/mol. The van der Waals surface area contributed by atoms with Gasteiger partial charge in [-0.3, -0.25) is 9.69 Å². The lowest BCUT2D eigenvalue weighted by atomic mass is 10.1. The van der Waals surface area contributed by atoms with Crippen molar-refractivity contribution in [1.29, 1.82) is 5.26 Å². The van der Waals surface area contributed by atoms with Gasteiger partial charge >= 0.3 is 0 Å². The summed E-state index contributed by atoms with van der Waals surface area (Å²) in [5.74, 6) is 0.155. The molecule has 3 aromatic rings. The number of carbonyl (C=O) groups excluding carboxylic acids is 1. The molecule has 0 bridgehead atoms. The number of aryl methyl sites for hydroxylation is 2. The third kappa shape index (κ3) is 3.96. The summed E-state index contributed by atoms with van der Waals surface area (Å²) >= 11 is 0. The molecule has 0 unspecified atom stereocenters. The first-order valence-corrected chi connectivity index (χ1v) is 10.6. The van der Waals surface area contributed by atoms with Crippen molar-refractivity contribution >= 4 is 22.4 Å². The zero-order valence-electron chi connectivity index (χ0n) is 17.8. The Morgan fingerprint density at radius 2 is 1.80 bits per heavy atom. The van der Waals surface area contributed by atoms with Crippen LogP contribution in [0.2, 0.25) is 0 Å². The molecule has 5 nitrogen and oxygen atoms in total. The monoisotopic (exact) mass is 400 g/mol. The fourth-order valence-electron chi connectivity index (χ4n) is 4.34. The van der Waals surface area contributed by atoms with Crippen LogP contribution < -0.4 is 4.90 Å². The molecule has 0 spiro atoms. The zero-order valence-corrected chi connectivity index (χ0v) is 17.8. The number of aromatic nitrogens is 1. The highest BCUT2D eigenvalue weighted by Crippen LogP contribution is 2.25. The van der Waals surface area contributed by atoms with Crippen LogP contribution in [0.1, 0.15) is 27.9 Å². The van der Waals surface area contributed by atoms with Crippen molar-refractivity contribution in [2.75, 3.05) is 37.6 Å². The molecule has 0 saturated carbocycles. The van der Waals surface area contributed by atoms with Gasteiger partial charge in [0.15, 0.2) is 5.78 Å². The minimum Gasteiger partial charge on any atom is -0.369 e. The maximum atomic E-state index is 13.1. The second kappa shape index (κ2) is 8.73. The van der Waals surface area contributed by atoms with Crippen LogP contribution in [0.25, 0.3) is 10.9 Å². The van der Waals surface area contributed by atoms with Gasteiger partial charge in [0.2, 0.25) is 0 Å². The summed E-state index contributed by atoms with van der Waals surface area (Å²) in [4.78, 5) is 17.8. The molecule has 0 radical (unpaired) electrons.